The fraction of sp³-hybridized carbons (Fsp3) is 0.682. The van der Waals surface area contributed by atoms with E-state index in [2.05, 4.69) is 19.6 Å². The highest BCUT2D eigenvalue weighted by molar-refractivity contribution is 5.86. The quantitative estimate of drug-likeness (QED) is 0.797. The number of hydrogen-bond acceptors (Lipinski definition) is 4. The Kier molecular flexibility index (Phi) is 5.05. The number of aliphatic hydroxyl groups is 1. The maximum Gasteiger partial charge on any atom is 0.231 e. The summed E-state index contributed by atoms with van der Waals surface area (Å²) < 4.78 is 0. The number of anilines is 1. The second-order valence-electron chi connectivity index (χ2n) is 8.88. The normalized spacial score (nSPS) is 30.7. The fourth-order valence-corrected chi connectivity index (χ4v) is 5.43. The van der Waals surface area contributed by atoms with Gasteiger partial charge in [-0.1, -0.05) is 0 Å². The molecule has 6 heteroatoms. The molecule has 2 aliphatic heterocycles. The first-order chi connectivity index (χ1) is 13.4. The van der Waals surface area contributed by atoms with Crippen molar-refractivity contribution in [2.24, 2.45) is 5.41 Å². The predicted octanol–water partition coefficient (Wildman–Crippen LogP) is 3.37. The Balaban J connectivity index is 1.56. The van der Waals surface area contributed by atoms with E-state index in [0.29, 0.717) is 12.2 Å². The molecule has 2 saturated heterocycles. The SMILES string of the molecule is [C-]#[N+]c1c(C)cc(C)nc1N1CCC[C@]2(CCN([C@H]3CC[C@H](O)CC3)C2=O)C1. The Bertz CT molecular complexity index is 809. The van der Waals surface area contributed by atoms with E-state index in [-0.39, 0.29) is 23.5 Å². The zero-order valence-corrected chi connectivity index (χ0v) is 16.9. The summed E-state index contributed by atoms with van der Waals surface area (Å²) in [5, 5.41) is 9.79. The largest absolute Gasteiger partial charge is 0.393 e. The van der Waals surface area contributed by atoms with E-state index in [1.807, 2.05) is 19.9 Å². The van der Waals surface area contributed by atoms with E-state index in [1.165, 1.54) is 0 Å². The number of nitrogens with zero attached hydrogens (tertiary/aromatic N) is 4. The molecule has 1 saturated carbocycles. The summed E-state index contributed by atoms with van der Waals surface area (Å²) in [5.41, 5.74) is 2.15. The van der Waals surface area contributed by atoms with Gasteiger partial charge in [0, 0.05) is 31.4 Å². The zero-order chi connectivity index (χ0) is 19.9. The number of pyridine rings is 1. The number of rotatable bonds is 2. The van der Waals surface area contributed by atoms with Crippen LogP contribution in [0.5, 0.6) is 0 Å². The van der Waals surface area contributed by atoms with Gasteiger partial charge in [0.25, 0.3) is 0 Å². The molecule has 1 aromatic heterocycles. The number of aromatic nitrogens is 1. The van der Waals surface area contributed by atoms with Gasteiger partial charge in [0.2, 0.25) is 11.6 Å². The molecule has 3 aliphatic rings. The summed E-state index contributed by atoms with van der Waals surface area (Å²) in [6.45, 7) is 13.9. The van der Waals surface area contributed by atoms with E-state index >= 15 is 0 Å². The van der Waals surface area contributed by atoms with Crippen LogP contribution in [0.25, 0.3) is 4.85 Å². The first-order valence-electron chi connectivity index (χ1n) is 10.5. The maximum atomic E-state index is 13.5. The van der Waals surface area contributed by atoms with Gasteiger partial charge in [-0.2, -0.15) is 0 Å². The van der Waals surface area contributed by atoms with Crippen molar-refractivity contribution < 1.29 is 9.90 Å². The summed E-state index contributed by atoms with van der Waals surface area (Å²) in [4.78, 5) is 26.2. The van der Waals surface area contributed by atoms with E-state index in [1.54, 1.807) is 0 Å². The first-order valence-corrected chi connectivity index (χ1v) is 10.5. The monoisotopic (exact) mass is 382 g/mol. The van der Waals surface area contributed by atoms with Crippen LogP contribution in [0.2, 0.25) is 0 Å². The van der Waals surface area contributed by atoms with Crippen molar-refractivity contribution in [3.8, 4) is 0 Å². The lowest BCUT2D eigenvalue weighted by molar-refractivity contribution is -0.139. The molecule has 1 amide bonds. The lowest BCUT2D eigenvalue weighted by Gasteiger charge is -2.41. The minimum absolute atomic E-state index is 0.198. The summed E-state index contributed by atoms with van der Waals surface area (Å²) in [6.07, 6.45) is 5.99. The van der Waals surface area contributed by atoms with Crippen LogP contribution in [-0.4, -0.2) is 52.7 Å². The van der Waals surface area contributed by atoms with Gasteiger partial charge in [0.05, 0.1) is 18.1 Å². The molecule has 0 radical (unpaired) electrons. The summed E-state index contributed by atoms with van der Waals surface area (Å²) in [6, 6.07) is 2.24. The van der Waals surface area contributed by atoms with Gasteiger partial charge in [0.15, 0.2) is 0 Å². The van der Waals surface area contributed by atoms with Crippen molar-refractivity contribution >= 4 is 17.4 Å². The lowest BCUT2D eigenvalue weighted by Crippen LogP contribution is -2.50. The number of aliphatic hydroxyl groups excluding tert-OH is 1. The number of piperidine rings is 1. The Hall–Kier alpha value is -2.13. The summed E-state index contributed by atoms with van der Waals surface area (Å²) in [5.74, 6) is 1.03. The third-order valence-corrected chi connectivity index (χ3v) is 6.93. The Labute approximate surface area is 167 Å². The molecule has 1 spiro atoms. The molecule has 1 N–H and O–H groups in total. The molecule has 6 nitrogen and oxygen atoms in total. The average Bonchev–Trinajstić information content (AvgIpc) is 2.98. The van der Waals surface area contributed by atoms with Gasteiger partial charge in [0.1, 0.15) is 5.82 Å². The lowest BCUT2D eigenvalue weighted by atomic mass is 9.78. The highest BCUT2D eigenvalue weighted by Crippen LogP contribution is 2.44. The molecular weight excluding hydrogens is 352 g/mol. The van der Waals surface area contributed by atoms with Crippen LogP contribution < -0.4 is 4.90 Å². The van der Waals surface area contributed by atoms with Crippen molar-refractivity contribution in [1.29, 1.82) is 0 Å². The van der Waals surface area contributed by atoms with Crippen LogP contribution in [0.4, 0.5) is 11.5 Å². The molecule has 0 bridgehead atoms. The third-order valence-electron chi connectivity index (χ3n) is 6.93. The van der Waals surface area contributed by atoms with Gasteiger partial charge in [-0.25, -0.2) is 9.83 Å². The summed E-state index contributed by atoms with van der Waals surface area (Å²) in [7, 11) is 0. The highest BCUT2D eigenvalue weighted by atomic mass is 16.3. The fourth-order valence-electron chi connectivity index (χ4n) is 5.43. The van der Waals surface area contributed by atoms with Crippen molar-refractivity contribution in [3.63, 3.8) is 0 Å². The molecule has 28 heavy (non-hydrogen) atoms. The van der Waals surface area contributed by atoms with Crippen LogP contribution in [-0.2, 0) is 4.79 Å². The number of carbonyl (C=O) groups excluding carboxylic acids is 1. The predicted molar refractivity (Wildman–Crippen MR) is 108 cm³/mol. The van der Waals surface area contributed by atoms with Gasteiger partial charge < -0.3 is 14.9 Å². The van der Waals surface area contributed by atoms with E-state index in [0.717, 1.165) is 75.1 Å². The molecule has 1 atom stereocenters. The smallest absolute Gasteiger partial charge is 0.231 e. The number of carbonyl (C=O) groups is 1. The topological polar surface area (TPSA) is 61.0 Å². The van der Waals surface area contributed by atoms with Crippen molar-refractivity contribution in [2.45, 2.75) is 70.9 Å². The van der Waals surface area contributed by atoms with Crippen molar-refractivity contribution in [3.05, 3.63) is 28.7 Å². The molecule has 1 aromatic rings. The van der Waals surface area contributed by atoms with E-state index in [4.69, 9.17) is 6.57 Å². The summed E-state index contributed by atoms with van der Waals surface area (Å²) >= 11 is 0. The van der Waals surface area contributed by atoms with E-state index < -0.39 is 0 Å². The molecule has 0 unspecified atom stereocenters. The van der Waals surface area contributed by atoms with Crippen LogP contribution in [0.3, 0.4) is 0 Å². The zero-order valence-electron chi connectivity index (χ0n) is 16.9. The Morgan fingerprint density at radius 1 is 1.21 bits per heavy atom. The molecule has 4 rings (SSSR count). The molecule has 1 aliphatic carbocycles. The molecular formula is C22H30N4O2. The second-order valence-corrected chi connectivity index (χ2v) is 8.88. The second kappa shape index (κ2) is 7.36. The van der Waals surface area contributed by atoms with Crippen LogP contribution in [0.1, 0.15) is 56.2 Å². The molecule has 0 aromatic carbocycles. The molecule has 3 fully saturated rings. The first kappa shape index (κ1) is 19.2. The highest BCUT2D eigenvalue weighted by Gasteiger charge is 2.51. The van der Waals surface area contributed by atoms with Crippen LogP contribution in [0, 0.1) is 25.8 Å². The van der Waals surface area contributed by atoms with Gasteiger partial charge >= 0.3 is 0 Å². The molecule has 150 valence electrons. The van der Waals surface area contributed by atoms with Crippen LogP contribution >= 0.6 is 0 Å². The van der Waals surface area contributed by atoms with Crippen molar-refractivity contribution in [2.75, 3.05) is 24.5 Å². The average molecular weight is 383 g/mol. The van der Waals surface area contributed by atoms with Gasteiger partial charge in [-0.05, 0) is 70.4 Å². The Morgan fingerprint density at radius 2 is 1.96 bits per heavy atom. The Morgan fingerprint density at radius 3 is 2.68 bits per heavy atom. The van der Waals surface area contributed by atoms with E-state index in [9.17, 15) is 9.90 Å². The number of likely N-dealkylation sites (tertiary alicyclic amines) is 1. The van der Waals surface area contributed by atoms with Crippen LogP contribution in [0.15, 0.2) is 6.07 Å². The molecule has 3 heterocycles. The number of hydrogen-bond donors (Lipinski definition) is 1. The standard InChI is InChI=1S/C22H30N4O2/c1-15-13-16(2)24-20(19(15)23-3)25-11-4-9-22(14-25)10-12-26(21(22)28)17-5-7-18(27)8-6-17/h13,17-18,27H,4-12,14H2,1-2H3/t17-,18-,22-/m0/s1. The third kappa shape index (κ3) is 3.26. The minimum atomic E-state index is -0.340. The number of aryl methyl sites for hydroxylation is 2. The number of amides is 1. The van der Waals surface area contributed by atoms with Crippen molar-refractivity contribution in [1.82, 2.24) is 9.88 Å². The van der Waals surface area contributed by atoms with Gasteiger partial charge in [-0.15, -0.1) is 0 Å². The minimum Gasteiger partial charge on any atom is -0.393 e. The van der Waals surface area contributed by atoms with Gasteiger partial charge in [-0.3, -0.25) is 4.79 Å². The maximum absolute atomic E-state index is 13.5.